The van der Waals surface area contributed by atoms with Gasteiger partial charge < -0.3 is 9.47 Å². The molecule has 116 valence electrons. The van der Waals surface area contributed by atoms with Crippen LogP contribution in [0, 0.1) is 19.7 Å². The molecule has 1 saturated heterocycles. The summed E-state index contributed by atoms with van der Waals surface area (Å²) in [5.74, 6) is 0.554. The fourth-order valence-electron chi connectivity index (χ4n) is 2.80. The van der Waals surface area contributed by atoms with E-state index < -0.39 is 0 Å². The maximum absolute atomic E-state index is 13.6. The van der Waals surface area contributed by atoms with Gasteiger partial charge in [-0.05, 0) is 73.2 Å². The lowest BCUT2D eigenvalue weighted by Crippen LogP contribution is -2.24. The van der Waals surface area contributed by atoms with Crippen LogP contribution >= 0.6 is 0 Å². The van der Waals surface area contributed by atoms with Crippen LogP contribution in [0.15, 0.2) is 36.4 Å². The summed E-state index contributed by atoms with van der Waals surface area (Å²) in [6.45, 7) is 4.78. The molecule has 0 bridgehead atoms. The first-order chi connectivity index (χ1) is 10.6. The Bertz CT molecular complexity index is 660. The van der Waals surface area contributed by atoms with Gasteiger partial charge in [-0.3, -0.25) is 0 Å². The molecule has 0 aromatic heterocycles. The number of hydrogen-bond donors (Lipinski definition) is 0. The Morgan fingerprint density at radius 3 is 2.45 bits per heavy atom. The fourth-order valence-corrected chi connectivity index (χ4v) is 2.80. The zero-order valence-corrected chi connectivity index (χ0v) is 13.1. The number of benzene rings is 2. The van der Waals surface area contributed by atoms with Crippen LogP contribution in [0.2, 0.25) is 0 Å². The first-order valence-corrected chi connectivity index (χ1v) is 7.79. The van der Waals surface area contributed by atoms with Crippen molar-refractivity contribution in [1.29, 1.82) is 0 Å². The molecule has 0 saturated carbocycles. The van der Waals surface area contributed by atoms with Crippen molar-refractivity contribution in [3.8, 4) is 16.9 Å². The molecular formula is C19H21FO2. The molecule has 2 aromatic rings. The molecule has 3 rings (SSSR count). The van der Waals surface area contributed by atoms with E-state index in [0.717, 1.165) is 53.9 Å². The second-order valence-corrected chi connectivity index (χ2v) is 5.85. The van der Waals surface area contributed by atoms with E-state index in [0.29, 0.717) is 0 Å². The predicted molar refractivity (Wildman–Crippen MR) is 85.5 cm³/mol. The van der Waals surface area contributed by atoms with Gasteiger partial charge in [0.15, 0.2) is 6.29 Å². The number of rotatable bonds is 3. The van der Waals surface area contributed by atoms with Crippen molar-refractivity contribution < 1.29 is 13.9 Å². The van der Waals surface area contributed by atoms with E-state index in [9.17, 15) is 4.39 Å². The van der Waals surface area contributed by atoms with Crippen molar-refractivity contribution in [1.82, 2.24) is 0 Å². The number of ether oxygens (including phenoxy) is 2. The highest BCUT2D eigenvalue weighted by atomic mass is 19.1. The Morgan fingerprint density at radius 2 is 1.73 bits per heavy atom. The molecule has 2 aromatic carbocycles. The fraction of sp³-hybridized carbons (Fsp3) is 0.368. The molecule has 1 atom stereocenters. The summed E-state index contributed by atoms with van der Waals surface area (Å²) < 4.78 is 25.1. The first kappa shape index (κ1) is 15.0. The molecule has 0 aliphatic carbocycles. The van der Waals surface area contributed by atoms with Gasteiger partial charge in [-0.1, -0.05) is 12.1 Å². The van der Waals surface area contributed by atoms with Crippen LogP contribution in [-0.2, 0) is 4.74 Å². The highest BCUT2D eigenvalue weighted by Crippen LogP contribution is 2.31. The van der Waals surface area contributed by atoms with E-state index >= 15 is 0 Å². The largest absolute Gasteiger partial charge is 0.465 e. The van der Waals surface area contributed by atoms with Crippen molar-refractivity contribution in [3.63, 3.8) is 0 Å². The normalized spacial score (nSPS) is 18.2. The van der Waals surface area contributed by atoms with Gasteiger partial charge in [-0.15, -0.1) is 0 Å². The smallest absolute Gasteiger partial charge is 0.199 e. The van der Waals surface area contributed by atoms with Gasteiger partial charge in [-0.2, -0.15) is 0 Å². The summed E-state index contributed by atoms with van der Waals surface area (Å²) in [6, 6.07) is 10.8. The summed E-state index contributed by atoms with van der Waals surface area (Å²) in [4.78, 5) is 0. The minimum Gasteiger partial charge on any atom is -0.465 e. The highest BCUT2D eigenvalue weighted by Gasteiger charge is 2.16. The van der Waals surface area contributed by atoms with Gasteiger partial charge in [0.05, 0.1) is 6.61 Å². The first-order valence-electron chi connectivity index (χ1n) is 7.79. The number of hydrogen-bond acceptors (Lipinski definition) is 2. The Morgan fingerprint density at radius 1 is 1.00 bits per heavy atom. The topological polar surface area (TPSA) is 18.5 Å². The van der Waals surface area contributed by atoms with Gasteiger partial charge in [0.2, 0.25) is 0 Å². The van der Waals surface area contributed by atoms with Crippen molar-refractivity contribution in [2.24, 2.45) is 0 Å². The van der Waals surface area contributed by atoms with Gasteiger partial charge in [0.25, 0.3) is 0 Å². The zero-order chi connectivity index (χ0) is 15.5. The average Bonchev–Trinajstić information content (AvgIpc) is 2.53. The van der Waals surface area contributed by atoms with Gasteiger partial charge in [0, 0.05) is 6.42 Å². The summed E-state index contributed by atoms with van der Waals surface area (Å²) in [6.07, 6.45) is 2.98. The maximum atomic E-state index is 13.6. The van der Waals surface area contributed by atoms with Crippen LogP contribution in [0.4, 0.5) is 4.39 Å². The van der Waals surface area contributed by atoms with Crippen LogP contribution < -0.4 is 4.74 Å². The standard InChI is InChI=1S/C19H21FO2/c1-13-6-8-15(20)11-17(13)18-12-16(9-7-14(18)2)22-19-5-3-4-10-21-19/h6-9,11-12,19H,3-5,10H2,1-2H3. The predicted octanol–water partition coefficient (Wildman–Crippen LogP) is 5.01. The third-order valence-electron chi connectivity index (χ3n) is 4.10. The van der Waals surface area contributed by atoms with Gasteiger partial charge >= 0.3 is 0 Å². The molecule has 3 heteroatoms. The molecule has 1 aliphatic rings. The van der Waals surface area contributed by atoms with Crippen molar-refractivity contribution in [2.75, 3.05) is 6.61 Å². The van der Waals surface area contributed by atoms with Crippen LogP contribution in [0.5, 0.6) is 5.75 Å². The van der Waals surface area contributed by atoms with Crippen molar-refractivity contribution in [3.05, 3.63) is 53.3 Å². The van der Waals surface area contributed by atoms with Gasteiger partial charge in [0.1, 0.15) is 11.6 Å². The minimum absolute atomic E-state index is 0.169. The number of halogens is 1. The lowest BCUT2D eigenvalue weighted by molar-refractivity contribution is -0.105. The highest BCUT2D eigenvalue weighted by molar-refractivity contribution is 5.71. The third-order valence-corrected chi connectivity index (χ3v) is 4.10. The molecule has 1 unspecified atom stereocenters. The van der Waals surface area contributed by atoms with Crippen molar-refractivity contribution >= 4 is 0 Å². The Kier molecular flexibility index (Phi) is 4.44. The second kappa shape index (κ2) is 6.49. The third kappa shape index (κ3) is 3.30. The van der Waals surface area contributed by atoms with Crippen LogP contribution in [0.1, 0.15) is 30.4 Å². The minimum atomic E-state index is -0.220. The van der Waals surface area contributed by atoms with Gasteiger partial charge in [-0.25, -0.2) is 4.39 Å². The van der Waals surface area contributed by atoms with Crippen LogP contribution in [0.3, 0.4) is 0 Å². The Hall–Kier alpha value is -1.87. The summed E-state index contributed by atoms with van der Waals surface area (Å²) in [5.41, 5.74) is 4.07. The maximum Gasteiger partial charge on any atom is 0.199 e. The van der Waals surface area contributed by atoms with E-state index in [1.807, 2.05) is 38.1 Å². The molecule has 22 heavy (non-hydrogen) atoms. The molecular weight excluding hydrogens is 279 g/mol. The van der Waals surface area contributed by atoms with E-state index in [-0.39, 0.29) is 12.1 Å². The van der Waals surface area contributed by atoms with Crippen LogP contribution in [-0.4, -0.2) is 12.9 Å². The molecule has 0 radical (unpaired) electrons. The Labute approximate surface area is 130 Å². The lowest BCUT2D eigenvalue weighted by atomic mass is 9.96. The Balaban J connectivity index is 1.90. The molecule has 2 nitrogen and oxygen atoms in total. The van der Waals surface area contributed by atoms with E-state index in [1.54, 1.807) is 6.07 Å². The lowest BCUT2D eigenvalue weighted by Gasteiger charge is -2.24. The monoisotopic (exact) mass is 300 g/mol. The van der Waals surface area contributed by atoms with Crippen LogP contribution in [0.25, 0.3) is 11.1 Å². The second-order valence-electron chi connectivity index (χ2n) is 5.85. The quantitative estimate of drug-likeness (QED) is 0.793. The van der Waals surface area contributed by atoms with E-state index in [4.69, 9.17) is 9.47 Å². The zero-order valence-electron chi connectivity index (χ0n) is 13.1. The summed E-state index contributed by atoms with van der Waals surface area (Å²) >= 11 is 0. The SMILES string of the molecule is Cc1ccc(F)cc1-c1cc(OC2CCCCO2)ccc1C. The molecule has 1 heterocycles. The molecule has 1 fully saturated rings. The van der Waals surface area contributed by atoms with E-state index in [1.165, 1.54) is 6.07 Å². The summed E-state index contributed by atoms with van der Waals surface area (Å²) in [7, 11) is 0. The summed E-state index contributed by atoms with van der Waals surface area (Å²) in [5, 5.41) is 0. The average molecular weight is 300 g/mol. The van der Waals surface area contributed by atoms with Crippen molar-refractivity contribution in [2.45, 2.75) is 39.4 Å². The number of aryl methyl sites for hydroxylation is 2. The molecule has 0 amide bonds. The molecule has 0 N–H and O–H groups in total. The molecule has 0 spiro atoms. The molecule has 1 aliphatic heterocycles. The van der Waals surface area contributed by atoms with E-state index in [2.05, 4.69) is 0 Å².